The summed E-state index contributed by atoms with van der Waals surface area (Å²) < 4.78 is 16.0. The first-order chi connectivity index (χ1) is 11.7. The van der Waals surface area contributed by atoms with Crippen LogP contribution in [-0.2, 0) is 6.42 Å². The molecule has 0 radical (unpaired) electrons. The van der Waals surface area contributed by atoms with Crippen molar-refractivity contribution in [3.8, 4) is 17.2 Å². The highest BCUT2D eigenvalue weighted by molar-refractivity contribution is 6.15. The number of allylic oxidation sites excluding steroid dienone is 1. The minimum Gasteiger partial charge on any atom is -0.493 e. The Hall–Kier alpha value is -2.82. The number of carbonyl (C=O) groups is 1. The highest BCUT2D eigenvalue weighted by Crippen LogP contribution is 2.37. The zero-order valence-electron chi connectivity index (χ0n) is 14.0. The lowest BCUT2D eigenvalue weighted by Gasteiger charge is -2.08. The summed E-state index contributed by atoms with van der Waals surface area (Å²) in [5.41, 5.74) is 3.16. The zero-order valence-corrected chi connectivity index (χ0v) is 14.0. The number of benzene rings is 1. The van der Waals surface area contributed by atoms with Gasteiger partial charge in [-0.25, -0.2) is 0 Å². The molecule has 1 aromatic carbocycles. The molecule has 5 nitrogen and oxygen atoms in total. The van der Waals surface area contributed by atoms with Gasteiger partial charge in [0.1, 0.15) is 5.75 Å². The Morgan fingerprint density at radius 2 is 1.88 bits per heavy atom. The number of nitrogens with zero attached hydrogens (tertiary/aromatic N) is 1. The molecule has 0 saturated carbocycles. The Balaban J connectivity index is 1.94. The summed E-state index contributed by atoms with van der Waals surface area (Å²) in [6, 6.07) is 5.48. The van der Waals surface area contributed by atoms with Crippen molar-refractivity contribution < 1.29 is 19.0 Å². The zero-order chi connectivity index (χ0) is 17.1. The van der Waals surface area contributed by atoms with Gasteiger partial charge in [-0.3, -0.25) is 9.78 Å². The average molecular weight is 325 g/mol. The van der Waals surface area contributed by atoms with Gasteiger partial charge in [-0.15, -0.1) is 0 Å². The number of aromatic nitrogens is 1. The van der Waals surface area contributed by atoms with Gasteiger partial charge in [0.05, 0.1) is 27.0 Å². The second-order valence-electron chi connectivity index (χ2n) is 5.43. The van der Waals surface area contributed by atoms with Crippen molar-refractivity contribution in [2.45, 2.75) is 13.3 Å². The summed E-state index contributed by atoms with van der Waals surface area (Å²) >= 11 is 0. The molecule has 1 aromatic heterocycles. The molecule has 0 amide bonds. The summed E-state index contributed by atoms with van der Waals surface area (Å²) in [5, 5.41) is 0. The Kier molecular flexibility index (Phi) is 4.51. The van der Waals surface area contributed by atoms with E-state index in [1.54, 1.807) is 32.7 Å². The van der Waals surface area contributed by atoms with Gasteiger partial charge in [0.15, 0.2) is 17.3 Å². The van der Waals surface area contributed by atoms with E-state index in [0.717, 1.165) is 16.7 Å². The standard InChI is InChI=1S/C19H19NO4/c1-4-24-15-6-12(10-20-11-15)5-14-7-13-8-17(22-2)18(23-3)9-16(13)19(14)21/h5-6,8-11H,4,7H2,1-3H3/b14-5+. The fourth-order valence-electron chi connectivity index (χ4n) is 2.82. The van der Waals surface area contributed by atoms with Crippen molar-refractivity contribution >= 4 is 11.9 Å². The number of fused-ring (bicyclic) bond motifs is 1. The summed E-state index contributed by atoms with van der Waals surface area (Å²) in [6.07, 6.45) is 5.80. The molecule has 3 rings (SSSR count). The van der Waals surface area contributed by atoms with Crippen LogP contribution in [0.25, 0.3) is 6.08 Å². The molecule has 0 N–H and O–H groups in total. The van der Waals surface area contributed by atoms with Crippen LogP contribution in [0.5, 0.6) is 17.2 Å². The van der Waals surface area contributed by atoms with E-state index in [9.17, 15) is 4.79 Å². The van der Waals surface area contributed by atoms with Crippen LogP contribution in [0, 0.1) is 0 Å². The fraction of sp³-hybridized carbons (Fsp3) is 0.263. The number of rotatable bonds is 5. The van der Waals surface area contributed by atoms with Crippen molar-refractivity contribution in [2.24, 2.45) is 0 Å². The first-order valence-corrected chi connectivity index (χ1v) is 7.74. The molecule has 0 aliphatic heterocycles. The van der Waals surface area contributed by atoms with Gasteiger partial charge in [-0.1, -0.05) is 0 Å². The maximum Gasteiger partial charge on any atom is 0.189 e. The molecule has 0 fully saturated rings. The van der Waals surface area contributed by atoms with Crippen LogP contribution < -0.4 is 14.2 Å². The predicted octanol–water partition coefficient (Wildman–Crippen LogP) is 3.32. The van der Waals surface area contributed by atoms with Crippen molar-refractivity contribution in [3.05, 3.63) is 52.9 Å². The molecular formula is C19H19NO4. The molecule has 0 bridgehead atoms. The number of hydrogen-bond acceptors (Lipinski definition) is 5. The first kappa shape index (κ1) is 16.1. The van der Waals surface area contributed by atoms with E-state index >= 15 is 0 Å². The normalized spacial score (nSPS) is 14.6. The molecule has 5 heteroatoms. The van der Waals surface area contributed by atoms with Crippen LogP contribution in [0.2, 0.25) is 0 Å². The number of Topliss-reactive ketones (excluding diaryl/α,β-unsaturated/α-hetero) is 1. The SMILES string of the molecule is CCOc1cncc(/C=C2\Cc3cc(OC)c(OC)cc3C2=O)c1. The summed E-state index contributed by atoms with van der Waals surface area (Å²) in [6.45, 7) is 2.49. The third-order valence-electron chi connectivity index (χ3n) is 3.91. The molecule has 1 heterocycles. The van der Waals surface area contributed by atoms with Gasteiger partial charge < -0.3 is 14.2 Å². The van der Waals surface area contributed by atoms with Crippen molar-refractivity contribution in [1.82, 2.24) is 4.98 Å². The second kappa shape index (κ2) is 6.74. The summed E-state index contributed by atoms with van der Waals surface area (Å²) in [5.74, 6) is 1.89. The number of carbonyl (C=O) groups excluding carboxylic acids is 1. The van der Waals surface area contributed by atoms with Gasteiger partial charge in [0.25, 0.3) is 0 Å². The van der Waals surface area contributed by atoms with Crippen LogP contribution in [0.4, 0.5) is 0 Å². The van der Waals surface area contributed by atoms with Crippen LogP contribution in [0.3, 0.4) is 0 Å². The maximum absolute atomic E-state index is 12.7. The van der Waals surface area contributed by atoms with E-state index in [4.69, 9.17) is 14.2 Å². The van der Waals surface area contributed by atoms with E-state index < -0.39 is 0 Å². The fourth-order valence-corrected chi connectivity index (χ4v) is 2.82. The van der Waals surface area contributed by atoms with Gasteiger partial charge >= 0.3 is 0 Å². The maximum atomic E-state index is 12.7. The van der Waals surface area contributed by atoms with Gasteiger partial charge in [0.2, 0.25) is 0 Å². The Labute approximate surface area is 140 Å². The van der Waals surface area contributed by atoms with Gasteiger partial charge in [-0.2, -0.15) is 0 Å². The number of ketones is 1. The molecule has 2 aromatic rings. The number of methoxy groups -OCH3 is 2. The number of pyridine rings is 1. The Bertz CT molecular complexity index is 811. The third-order valence-corrected chi connectivity index (χ3v) is 3.91. The largest absolute Gasteiger partial charge is 0.493 e. The van der Waals surface area contributed by atoms with Gasteiger partial charge in [-0.05, 0) is 42.3 Å². The smallest absolute Gasteiger partial charge is 0.189 e. The summed E-state index contributed by atoms with van der Waals surface area (Å²) in [7, 11) is 3.15. The topological polar surface area (TPSA) is 57.6 Å². The van der Waals surface area contributed by atoms with E-state index in [0.29, 0.717) is 35.8 Å². The molecule has 124 valence electrons. The lowest BCUT2D eigenvalue weighted by atomic mass is 10.1. The monoisotopic (exact) mass is 325 g/mol. The molecule has 1 aliphatic rings. The van der Waals surface area contributed by atoms with E-state index in [-0.39, 0.29) is 5.78 Å². The molecular weight excluding hydrogens is 306 g/mol. The van der Waals surface area contributed by atoms with E-state index in [1.165, 1.54) is 0 Å². The second-order valence-corrected chi connectivity index (χ2v) is 5.43. The number of ether oxygens (including phenoxy) is 3. The predicted molar refractivity (Wildman–Crippen MR) is 91.0 cm³/mol. The number of hydrogen-bond donors (Lipinski definition) is 0. The van der Waals surface area contributed by atoms with Crippen molar-refractivity contribution in [2.75, 3.05) is 20.8 Å². The lowest BCUT2D eigenvalue weighted by molar-refractivity contribution is 0.104. The van der Waals surface area contributed by atoms with E-state index in [1.807, 2.05) is 25.1 Å². The highest BCUT2D eigenvalue weighted by atomic mass is 16.5. The van der Waals surface area contributed by atoms with Crippen LogP contribution in [0.1, 0.15) is 28.4 Å². The van der Waals surface area contributed by atoms with E-state index in [2.05, 4.69) is 4.98 Å². The van der Waals surface area contributed by atoms with Crippen LogP contribution in [-0.4, -0.2) is 31.6 Å². The molecule has 1 aliphatic carbocycles. The van der Waals surface area contributed by atoms with Crippen LogP contribution in [0.15, 0.2) is 36.2 Å². The highest BCUT2D eigenvalue weighted by Gasteiger charge is 2.27. The first-order valence-electron chi connectivity index (χ1n) is 7.74. The Morgan fingerprint density at radius 3 is 2.58 bits per heavy atom. The van der Waals surface area contributed by atoms with Crippen molar-refractivity contribution in [3.63, 3.8) is 0 Å². The van der Waals surface area contributed by atoms with Crippen LogP contribution >= 0.6 is 0 Å². The minimum absolute atomic E-state index is 0.00719. The molecule has 0 atom stereocenters. The molecule has 0 saturated heterocycles. The molecule has 0 unspecified atom stereocenters. The minimum atomic E-state index is 0.00719. The van der Waals surface area contributed by atoms with Gasteiger partial charge in [0, 0.05) is 23.8 Å². The third kappa shape index (κ3) is 2.97. The Morgan fingerprint density at radius 1 is 1.12 bits per heavy atom. The molecule has 24 heavy (non-hydrogen) atoms. The average Bonchev–Trinajstić information content (AvgIpc) is 2.89. The quantitative estimate of drug-likeness (QED) is 0.789. The molecule has 0 spiro atoms. The summed E-state index contributed by atoms with van der Waals surface area (Å²) in [4.78, 5) is 16.8. The van der Waals surface area contributed by atoms with Crippen molar-refractivity contribution in [1.29, 1.82) is 0 Å². The lowest BCUT2D eigenvalue weighted by Crippen LogP contribution is -1.98.